The highest BCUT2D eigenvalue weighted by Gasteiger charge is 2.34. The Balaban J connectivity index is 3.23. The van der Waals surface area contributed by atoms with Crippen LogP contribution in [0.15, 0.2) is 6.20 Å². The van der Waals surface area contributed by atoms with E-state index in [4.69, 9.17) is 5.26 Å². The van der Waals surface area contributed by atoms with Crippen molar-refractivity contribution in [1.82, 2.24) is 4.98 Å². The van der Waals surface area contributed by atoms with Gasteiger partial charge in [0.1, 0.15) is 0 Å². The average molecular weight is 246 g/mol. The zero-order chi connectivity index (χ0) is 13.1. The van der Waals surface area contributed by atoms with Crippen LogP contribution in [0.2, 0.25) is 0 Å². The van der Waals surface area contributed by atoms with Crippen molar-refractivity contribution in [2.45, 2.75) is 19.7 Å². The minimum absolute atomic E-state index is 0.0446. The summed E-state index contributed by atoms with van der Waals surface area (Å²) in [6.45, 7) is 1.41. The van der Waals surface area contributed by atoms with Gasteiger partial charge in [-0.25, -0.2) is 4.98 Å². The second kappa shape index (κ2) is 4.91. The number of halogens is 3. The van der Waals surface area contributed by atoms with Gasteiger partial charge in [-0.05, 0) is 12.5 Å². The van der Waals surface area contributed by atoms with E-state index >= 15 is 0 Å². The molecule has 0 spiro atoms. The van der Waals surface area contributed by atoms with Crippen LogP contribution in [0.3, 0.4) is 0 Å². The monoisotopic (exact) mass is 246 g/mol. The van der Waals surface area contributed by atoms with E-state index < -0.39 is 12.1 Å². The van der Waals surface area contributed by atoms with E-state index in [1.807, 2.05) is 6.07 Å². The van der Waals surface area contributed by atoms with Crippen molar-refractivity contribution in [2.75, 3.05) is 7.11 Å². The van der Waals surface area contributed by atoms with E-state index in [9.17, 15) is 13.2 Å². The number of ether oxygens (including phenoxy) is 2. The lowest BCUT2D eigenvalue weighted by molar-refractivity contribution is -0.275. The molecule has 0 aliphatic carbocycles. The van der Waals surface area contributed by atoms with Gasteiger partial charge in [-0.15, -0.1) is 13.2 Å². The Labute approximate surface area is 95.6 Å². The summed E-state index contributed by atoms with van der Waals surface area (Å²) in [6.07, 6.45) is -3.58. The van der Waals surface area contributed by atoms with Gasteiger partial charge in [0.15, 0.2) is 5.75 Å². The van der Waals surface area contributed by atoms with Crippen molar-refractivity contribution in [3.63, 3.8) is 0 Å². The van der Waals surface area contributed by atoms with Gasteiger partial charge in [0.25, 0.3) is 5.88 Å². The topological polar surface area (TPSA) is 55.1 Å². The zero-order valence-corrected chi connectivity index (χ0v) is 9.13. The fourth-order valence-corrected chi connectivity index (χ4v) is 1.24. The molecule has 1 heterocycles. The molecule has 0 fully saturated rings. The third-order valence-corrected chi connectivity index (χ3v) is 2.03. The molecule has 0 atom stereocenters. The Kier molecular flexibility index (Phi) is 3.78. The van der Waals surface area contributed by atoms with Gasteiger partial charge in [0.05, 0.1) is 19.6 Å². The van der Waals surface area contributed by atoms with Crippen LogP contribution in [-0.2, 0) is 6.42 Å². The summed E-state index contributed by atoms with van der Waals surface area (Å²) in [5.74, 6) is -0.769. The van der Waals surface area contributed by atoms with Gasteiger partial charge in [-0.1, -0.05) is 0 Å². The highest BCUT2D eigenvalue weighted by molar-refractivity contribution is 5.46. The van der Waals surface area contributed by atoms with Crippen molar-refractivity contribution in [1.29, 1.82) is 5.26 Å². The van der Waals surface area contributed by atoms with E-state index in [-0.39, 0.29) is 17.9 Å². The number of nitriles is 1. The molecule has 0 radical (unpaired) electrons. The number of rotatable bonds is 3. The van der Waals surface area contributed by atoms with E-state index in [1.54, 1.807) is 0 Å². The second-order valence-corrected chi connectivity index (χ2v) is 3.13. The fraction of sp³-hybridized carbons (Fsp3) is 0.400. The number of nitrogens with zero attached hydrogens (tertiary/aromatic N) is 2. The molecule has 0 saturated carbocycles. The van der Waals surface area contributed by atoms with E-state index in [0.29, 0.717) is 5.56 Å². The standard InChI is InChI=1S/C10H9F3N2O2/c1-6-7(3-4-14)5-15-9(16-2)8(6)17-10(11,12)13/h5H,3H2,1-2H3. The van der Waals surface area contributed by atoms with Gasteiger partial charge in [0.2, 0.25) is 0 Å². The van der Waals surface area contributed by atoms with Crippen LogP contribution in [0.5, 0.6) is 11.6 Å². The summed E-state index contributed by atoms with van der Waals surface area (Å²) in [5.41, 5.74) is 0.559. The number of methoxy groups -OCH3 is 1. The van der Waals surface area contributed by atoms with Crippen LogP contribution in [0.4, 0.5) is 13.2 Å². The third kappa shape index (κ3) is 3.24. The number of pyridine rings is 1. The molecule has 17 heavy (non-hydrogen) atoms. The van der Waals surface area contributed by atoms with Crippen molar-refractivity contribution in [3.05, 3.63) is 17.3 Å². The Bertz CT molecular complexity index is 452. The first-order valence-electron chi connectivity index (χ1n) is 4.54. The molecule has 0 N–H and O–H groups in total. The summed E-state index contributed by atoms with van der Waals surface area (Å²) in [7, 11) is 1.19. The smallest absolute Gasteiger partial charge is 0.478 e. The summed E-state index contributed by atoms with van der Waals surface area (Å²) < 4.78 is 45.1. The third-order valence-electron chi connectivity index (χ3n) is 2.03. The summed E-state index contributed by atoms with van der Waals surface area (Å²) >= 11 is 0. The van der Waals surface area contributed by atoms with Crippen LogP contribution in [0, 0.1) is 18.3 Å². The molecule has 92 valence electrons. The first-order valence-corrected chi connectivity index (χ1v) is 4.54. The normalized spacial score (nSPS) is 10.8. The lowest BCUT2D eigenvalue weighted by Crippen LogP contribution is -2.19. The van der Waals surface area contributed by atoms with E-state index in [0.717, 1.165) is 0 Å². The average Bonchev–Trinajstić information content (AvgIpc) is 2.23. The molecule has 0 saturated heterocycles. The van der Waals surface area contributed by atoms with Crippen LogP contribution in [-0.4, -0.2) is 18.5 Å². The molecule has 0 aliphatic rings. The Morgan fingerprint density at radius 2 is 2.12 bits per heavy atom. The number of alkyl halides is 3. The lowest BCUT2D eigenvalue weighted by Gasteiger charge is -2.15. The molecule has 0 aromatic carbocycles. The van der Waals surface area contributed by atoms with Crippen molar-refractivity contribution in [3.8, 4) is 17.7 Å². The maximum Gasteiger partial charge on any atom is 0.573 e. The first-order chi connectivity index (χ1) is 7.89. The number of aromatic nitrogens is 1. The maximum atomic E-state index is 12.2. The van der Waals surface area contributed by atoms with Gasteiger partial charge in [-0.2, -0.15) is 5.26 Å². The molecule has 0 amide bonds. The minimum atomic E-state index is -4.83. The van der Waals surface area contributed by atoms with Crippen LogP contribution >= 0.6 is 0 Å². The molecule has 4 nitrogen and oxygen atoms in total. The van der Waals surface area contributed by atoms with E-state index in [1.165, 1.54) is 20.2 Å². The van der Waals surface area contributed by atoms with Crippen LogP contribution in [0.25, 0.3) is 0 Å². The lowest BCUT2D eigenvalue weighted by atomic mass is 10.1. The van der Waals surface area contributed by atoms with Crippen molar-refractivity contribution in [2.24, 2.45) is 0 Å². The van der Waals surface area contributed by atoms with Gasteiger partial charge in [-0.3, -0.25) is 0 Å². The van der Waals surface area contributed by atoms with Crippen LogP contribution < -0.4 is 9.47 Å². The highest BCUT2D eigenvalue weighted by Crippen LogP contribution is 2.35. The quantitative estimate of drug-likeness (QED) is 0.821. The predicted molar refractivity (Wildman–Crippen MR) is 51.5 cm³/mol. The SMILES string of the molecule is COc1ncc(CC#N)c(C)c1OC(F)(F)F. The Morgan fingerprint density at radius 1 is 1.47 bits per heavy atom. The second-order valence-electron chi connectivity index (χ2n) is 3.13. The summed E-state index contributed by atoms with van der Waals surface area (Å²) in [4.78, 5) is 3.66. The molecule has 7 heteroatoms. The Hall–Kier alpha value is -1.97. The molecule has 1 rings (SSSR count). The Morgan fingerprint density at radius 3 is 2.59 bits per heavy atom. The molecule has 0 unspecified atom stereocenters. The van der Waals surface area contributed by atoms with Crippen molar-refractivity contribution >= 4 is 0 Å². The zero-order valence-electron chi connectivity index (χ0n) is 9.13. The maximum absolute atomic E-state index is 12.2. The highest BCUT2D eigenvalue weighted by atomic mass is 19.4. The van der Waals surface area contributed by atoms with Crippen molar-refractivity contribution < 1.29 is 22.6 Å². The fourth-order valence-electron chi connectivity index (χ4n) is 1.24. The summed E-state index contributed by atoms with van der Waals surface area (Å²) in [6, 6.07) is 1.83. The molecule has 0 bridgehead atoms. The largest absolute Gasteiger partial charge is 0.573 e. The number of hydrogen-bond acceptors (Lipinski definition) is 4. The van der Waals surface area contributed by atoms with Gasteiger partial charge in [0, 0.05) is 11.8 Å². The summed E-state index contributed by atoms with van der Waals surface area (Å²) in [5, 5.41) is 8.52. The predicted octanol–water partition coefficient (Wildman–Crippen LogP) is 2.36. The van der Waals surface area contributed by atoms with Gasteiger partial charge >= 0.3 is 6.36 Å². The molecule has 1 aromatic rings. The molecular weight excluding hydrogens is 237 g/mol. The van der Waals surface area contributed by atoms with Gasteiger partial charge < -0.3 is 9.47 Å². The number of hydrogen-bond donors (Lipinski definition) is 0. The molecule has 0 aliphatic heterocycles. The van der Waals surface area contributed by atoms with Crippen LogP contribution in [0.1, 0.15) is 11.1 Å². The molecular formula is C10H9F3N2O2. The van der Waals surface area contributed by atoms with E-state index in [2.05, 4.69) is 14.5 Å². The minimum Gasteiger partial charge on any atom is -0.478 e. The molecule has 1 aromatic heterocycles. The first kappa shape index (κ1) is 13.1.